The molecule has 0 saturated carbocycles. The van der Waals surface area contributed by atoms with Gasteiger partial charge in [0.1, 0.15) is 0 Å². The van der Waals surface area contributed by atoms with Crippen molar-refractivity contribution < 1.29 is 0 Å². The lowest BCUT2D eigenvalue weighted by atomic mass is 9.95. The molecule has 1 nitrogen and oxygen atoms in total. The van der Waals surface area contributed by atoms with Gasteiger partial charge in [-0.3, -0.25) is 0 Å². The molecule has 4 heteroatoms. The summed E-state index contributed by atoms with van der Waals surface area (Å²) < 4.78 is 1.22. The van der Waals surface area contributed by atoms with Gasteiger partial charge in [0.25, 0.3) is 0 Å². The smallest absolute Gasteiger partial charge is 0.0704 e. The third-order valence-electron chi connectivity index (χ3n) is 2.13. The van der Waals surface area contributed by atoms with Crippen LogP contribution in [-0.2, 0) is 6.42 Å². The first kappa shape index (κ1) is 10.5. The number of fused-ring (bicyclic) bond motifs is 1. The van der Waals surface area contributed by atoms with Crippen LogP contribution in [-0.4, -0.2) is 0 Å². The predicted molar refractivity (Wildman–Crippen MR) is 59.1 cm³/mol. The van der Waals surface area contributed by atoms with Crippen LogP contribution in [0.4, 0.5) is 0 Å². The van der Waals surface area contributed by atoms with E-state index in [2.05, 4.69) is 22.0 Å². The molecule has 0 bridgehead atoms. The van der Waals surface area contributed by atoms with Gasteiger partial charge in [0.2, 0.25) is 0 Å². The monoisotopic (exact) mass is 267 g/mol. The fourth-order valence-corrected chi connectivity index (χ4v) is 3.38. The van der Waals surface area contributed by atoms with E-state index in [0.29, 0.717) is 6.04 Å². The highest BCUT2D eigenvalue weighted by Crippen LogP contribution is 2.36. The minimum absolute atomic E-state index is 0. The summed E-state index contributed by atoms with van der Waals surface area (Å²) in [5, 5.41) is 0. The van der Waals surface area contributed by atoms with Crippen molar-refractivity contribution in [3.05, 3.63) is 20.3 Å². The largest absolute Gasteiger partial charge is 0.324 e. The van der Waals surface area contributed by atoms with Crippen molar-refractivity contribution in [3.63, 3.8) is 0 Å². The molecule has 1 heterocycles. The molecule has 12 heavy (non-hydrogen) atoms. The third kappa shape index (κ3) is 1.84. The quantitative estimate of drug-likeness (QED) is 0.768. The van der Waals surface area contributed by atoms with Gasteiger partial charge < -0.3 is 5.73 Å². The molecule has 1 atom stereocenters. The van der Waals surface area contributed by atoms with Crippen LogP contribution >= 0.6 is 39.7 Å². The highest BCUT2D eigenvalue weighted by atomic mass is 79.9. The average Bonchev–Trinajstić information content (AvgIpc) is 2.31. The lowest BCUT2D eigenvalue weighted by molar-refractivity contribution is 0.578. The zero-order valence-corrected chi connectivity index (χ0v) is 9.77. The van der Waals surface area contributed by atoms with Crippen molar-refractivity contribution in [3.8, 4) is 0 Å². The Kier molecular flexibility index (Phi) is 3.58. The summed E-state index contributed by atoms with van der Waals surface area (Å²) in [6.07, 6.45) is 3.62. The van der Waals surface area contributed by atoms with E-state index in [1.54, 1.807) is 0 Å². The van der Waals surface area contributed by atoms with Gasteiger partial charge in [-0.15, -0.1) is 23.7 Å². The van der Waals surface area contributed by atoms with E-state index >= 15 is 0 Å². The van der Waals surface area contributed by atoms with Gasteiger partial charge in [-0.1, -0.05) is 0 Å². The second-order valence-corrected chi connectivity index (χ2v) is 5.44. The first-order chi connectivity index (χ1) is 5.27. The van der Waals surface area contributed by atoms with E-state index in [1.807, 2.05) is 11.3 Å². The maximum atomic E-state index is 5.95. The molecule has 2 rings (SSSR count). The zero-order chi connectivity index (χ0) is 7.84. The number of hydrogen-bond donors (Lipinski definition) is 1. The molecule has 0 aliphatic heterocycles. The fourth-order valence-electron chi connectivity index (χ4n) is 1.56. The SMILES string of the molecule is Cl.NC1CCCc2sc(Br)cc21. The Morgan fingerprint density at radius 3 is 3.00 bits per heavy atom. The van der Waals surface area contributed by atoms with Crippen LogP contribution in [0.5, 0.6) is 0 Å². The minimum Gasteiger partial charge on any atom is -0.324 e. The van der Waals surface area contributed by atoms with Gasteiger partial charge in [0, 0.05) is 10.9 Å². The molecule has 2 N–H and O–H groups in total. The summed E-state index contributed by atoms with van der Waals surface area (Å²) in [6.45, 7) is 0. The first-order valence-electron chi connectivity index (χ1n) is 3.81. The van der Waals surface area contributed by atoms with E-state index in [4.69, 9.17) is 5.73 Å². The maximum absolute atomic E-state index is 5.95. The normalized spacial score (nSPS) is 21.3. The van der Waals surface area contributed by atoms with Crippen molar-refractivity contribution in [2.75, 3.05) is 0 Å². The van der Waals surface area contributed by atoms with E-state index in [-0.39, 0.29) is 12.4 Å². The van der Waals surface area contributed by atoms with Crippen LogP contribution in [0.25, 0.3) is 0 Å². The molecule has 1 unspecified atom stereocenters. The minimum atomic E-state index is 0. The predicted octanol–water partition coefficient (Wildman–Crippen LogP) is 3.27. The Labute approximate surface area is 90.9 Å². The Bertz CT molecular complexity index is 274. The Hall–Kier alpha value is 0.430. The number of aryl methyl sites for hydroxylation is 1. The number of nitrogens with two attached hydrogens (primary N) is 1. The van der Waals surface area contributed by atoms with Crippen molar-refractivity contribution >= 4 is 39.7 Å². The molecule has 1 aliphatic rings. The Morgan fingerprint density at radius 2 is 2.33 bits per heavy atom. The molecule has 0 radical (unpaired) electrons. The molecule has 0 saturated heterocycles. The van der Waals surface area contributed by atoms with E-state index < -0.39 is 0 Å². The Balaban J connectivity index is 0.000000720. The van der Waals surface area contributed by atoms with E-state index in [9.17, 15) is 0 Å². The van der Waals surface area contributed by atoms with Gasteiger partial charge in [0.05, 0.1) is 3.79 Å². The summed E-state index contributed by atoms with van der Waals surface area (Å²) in [5.41, 5.74) is 7.31. The van der Waals surface area contributed by atoms with Crippen molar-refractivity contribution in [2.45, 2.75) is 25.3 Å². The zero-order valence-electron chi connectivity index (χ0n) is 6.55. The highest BCUT2D eigenvalue weighted by Gasteiger charge is 2.18. The van der Waals surface area contributed by atoms with Gasteiger partial charge >= 0.3 is 0 Å². The lowest BCUT2D eigenvalue weighted by Crippen LogP contribution is -2.14. The van der Waals surface area contributed by atoms with Crippen molar-refractivity contribution in [1.82, 2.24) is 0 Å². The van der Waals surface area contributed by atoms with Crippen LogP contribution in [0.15, 0.2) is 9.85 Å². The van der Waals surface area contributed by atoms with Gasteiger partial charge in [-0.2, -0.15) is 0 Å². The van der Waals surface area contributed by atoms with Crippen LogP contribution in [0.1, 0.15) is 29.3 Å². The topological polar surface area (TPSA) is 26.0 Å². The molecule has 1 aliphatic carbocycles. The van der Waals surface area contributed by atoms with E-state index in [1.165, 1.54) is 27.1 Å². The molecule has 0 amide bonds. The van der Waals surface area contributed by atoms with Crippen molar-refractivity contribution in [2.24, 2.45) is 5.73 Å². The molecule has 1 aromatic heterocycles. The van der Waals surface area contributed by atoms with Crippen LogP contribution in [0, 0.1) is 0 Å². The third-order valence-corrected chi connectivity index (χ3v) is 3.84. The summed E-state index contributed by atoms with van der Waals surface area (Å²) in [7, 11) is 0. The number of hydrogen-bond acceptors (Lipinski definition) is 2. The Morgan fingerprint density at radius 1 is 1.58 bits per heavy atom. The fraction of sp³-hybridized carbons (Fsp3) is 0.500. The number of halogens is 2. The molecular weight excluding hydrogens is 258 g/mol. The summed E-state index contributed by atoms with van der Waals surface area (Å²) >= 11 is 5.31. The van der Waals surface area contributed by atoms with Crippen molar-refractivity contribution in [1.29, 1.82) is 0 Å². The molecule has 0 aromatic carbocycles. The summed E-state index contributed by atoms with van der Waals surface area (Å²) in [5.74, 6) is 0. The summed E-state index contributed by atoms with van der Waals surface area (Å²) in [6, 6.07) is 2.46. The highest BCUT2D eigenvalue weighted by molar-refractivity contribution is 9.11. The maximum Gasteiger partial charge on any atom is 0.0704 e. The molecular formula is C8H11BrClNS. The average molecular weight is 269 g/mol. The van der Waals surface area contributed by atoms with E-state index in [0.717, 1.165) is 6.42 Å². The van der Waals surface area contributed by atoms with Crippen LogP contribution in [0.3, 0.4) is 0 Å². The standard InChI is InChI=1S/C8H10BrNS.ClH/c9-8-4-5-6(10)2-1-3-7(5)11-8;/h4,6H,1-3,10H2;1H. The number of thiophene rings is 1. The molecule has 0 fully saturated rings. The van der Waals surface area contributed by atoms with Gasteiger partial charge in [0.15, 0.2) is 0 Å². The van der Waals surface area contributed by atoms with Crippen LogP contribution < -0.4 is 5.73 Å². The molecule has 0 spiro atoms. The second kappa shape index (κ2) is 4.09. The van der Waals surface area contributed by atoms with Gasteiger partial charge in [-0.05, 0) is 46.8 Å². The first-order valence-corrected chi connectivity index (χ1v) is 5.42. The number of rotatable bonds is 0. The summed E-state index contributed by atoms with van der Waals surface area (Å²) in [4.78, 5) is 1.48. The second-order valence-electron chi connectivity index (χ2n) is 2.93. The van der Waals surface area contributed by atoms with Gasteiger partial charge in [-0.25, -0.2) is 0 Å². The molecule has 1 aromatic rings. The lowest BCUT2D eigenvalue weighted by Gasteiger charge is -2.17. The molecule has 68 valence electrons. The van der Waals surface area contributed by atoms with Crippen LogP contribution in [0.2, 0.25) is 0 Å².